The summed E-state index contributed by atoms with van der Waals surface area (Å²) < 4.78 is 0.699. The highest BCUT2D eigenvalue weighted by molar-refractivity contribution is 14.1. The second kappa shape index (κ2) is 4.82. The van der Waals surface area contributed by atoms with Gasteiger partial charge in [0, 0.05) is 4.43 Å². The van der Waals surface area contributed by atoms with Gasteiger partial charge in [-0.05, 0) is 0 Å². The van der Waals surface area contributed by atoms with Crippen molar-refractivity contribution in [1.29, 1.82) is 0 Å². The van der Waals surface area contributed by atoms with Gasteiger partial charge in [0.05, 0.1) is 6.21 Å². The molecule has 0 aliphatic rings. The summed E-state index contributed by atoms with van der Waals surface area (Å²) in [4.78, 5) is 13.7. The Bertz CT molecular complexity index is 103. The fourth-order valence-electron chi connectivity index (χ4n) is 0.117. The minimum Gasteiger partial charge on any atom is -0.333 e. The molecule has 0 saturated heterocycles. The molecule has 0 spiro atoms. The molecule has 8 heavy (non-hydrogen) atoms. The van der Waals surface area contributed by atoms with E-state index >= 15 is 0 Å². The Morgan fingerprint density at radius 3 is 3.00 bits per heavy atom. The largest absolute Gasteiger partial charge is 0.430 e. The third-order valence-electron chi connectivity index (χ3n) is 0.286. The molecule has 0 rings (SSSR count). The topological polar surface area (TPSA) is 64.7 Å². The second-order valence-electron chi connectivity index (χ2n) is 0.853. The summed E-state index contributed by atoms with van der Waals surface area (Å²) >= 11 is 2.05. The van der Waals surface area contributed by atoms with Crippen LogP contribution in [0.1, 0.15) is 0 Å². The number of nitrogens with zero attached hydrogens (tertiary/aromatic N) is 1. The number of carbonyl (C=O) groups excluding carboxylic acids is 1. The van der Waals surface area contributed by atoms with Gasteiger partial charge < -0.3 is 5.73 Å². The van der Waals surface area contributed by atoms with Crippen molar-refractivity contribution in [2.24, 2.45) is 10.9 Å². The molecule has 0 aromatic heterocycles. The van der Waals surface area contributed by atoms with E-state index in [-0.39, 0.29) is 0 Å². The maximum atomic E-state index is 9.76. The van der Waals surface area contributed by atoms with Crippen molar-refractivity contribution < 1.29 is 9.63 Å². The van der Waals surface area contributed by atoms with E-state index in [1.165, 1.54) is 6.21 Å². The molecule has 0 saturated carbocycles. The van der Waals surface area contributed by atoms with Crippen LogP contribution in [0, 0.1) is 0 Å². The Morgan fingerprint density at radius 1 is 2.00 bits per heavy atom. The van der Waals surface area contributed by atoms with Crippen LogP contribution in [0.15, 0.2) is 5.16 Å². The molecular formula is C3H5IN2O2. The Hall–Kier alpha value is -0.330. The summed E-state index contributed by atoms with van der Waals surface area (Å²) in [6, 6.07) is 0. The lowest BCUT2D eigenvalue weighted by molar-refractivity contribution is 0.162. The maximum absolute atomic E-state index is 9.76. The first-order valence-electron chi connectivity index (χ1n) is 1.81. The van der Waals surface area contributed by atoms with Crippen LogP contribution in [0.5, 0.6) is 0 Å². The second-order valence-corrected chi connectivity index (χ2v) is 1.73. The predicted octanol–water partition coefficient (Wildman–Crippen LogP) is 0.503. The number of carbonyl (C=O) groups is 1. The molecule has 0 aliphatic carbocycles. The van der Waals surface area contributed by atoms with E-state index in [9.17, 15) is 4.79 Å². The lowest BCUT2D eigenvalue weighted by atomic mass is 10.9. The SMILES string of the molecule is NC(=O)O/N=C\CI. The number of hydrogen-bond acceptors (Lipinski definition) is 3. The van der Waals surface area contributed by atoms with Gasteiger partial charge in [0.2, 0.25) is 0 Å². The summed E-state index contributed by atoms with van der Waals surface area (Å²) in [6.45, 7) is 0. The zero-order valence-corrected chi connectivity index (χ0v) is 6.16. The molecule has 0 heterocycles. The number of halogens is 1. The third-order valence-corrected chi connectivity index (χ3v) is 0.680. The van der Waals surface area contributed by atoms with Crippen LogP contribution in [-0.2, 0) is 4.84 Å². The molecule has 1 amide bonds. The van der Waals surface area contributed by atoms with Gasteiger partial charge in [0.1, 0.15) is 0 Å². The molecule has 4 nitrogen and oxygen atoms in total. The summed E-state index contributed by atoms with van der Waals surface area (Å²) in [5, 5.41) is 3.18. The Labute approximate surface area is 60.2 Å². The van der Waals surface area contributed by atoms with Gasteiger partial charge in [-0.2, -0.15) is 0 Å². The van der Waals surface area contributed by atoms with E-state index in [1.807, 2.05) is 0 Å². The normalized spacial score (nSPS) is 9.62. The van der Waals surface area contributed by atoms with Gasteiger partial charge in [-0.25, -0.2) is 4.79 Å². The molecule has 2 N–H and O–H groups in total. The van der Waals surface area contributed by atoms with Crippen LogP contribution >= 0.6 is 22.6 Å². The number of hydrogen-bond donors (Lipinski definition) is 1. The highest BCUT2D eigenvalue weighted by Gasteiger charge is 1.84. The molecule has 0 unspecified atom stereocenters. The fourth-order valence-corrected chi connectivity index (χ4v) is 0.278. The molecule has 0 bridgehead atoms. The first-order valence-corrected chi connectivity index (χ1v) is 3.34. The van der Waals surface area contributed by atoms with Gasteiger partial charge in [-0.3, -0.25) is 4.84 Å². The van der Waals surface area contributed by atoms with Gasteiger partial charge >= 0.3 is 6.09 Å². The Kier molecular flexibility index (Phi) is 4.62. The minimum absolute atomic E-state index is 0.699. The van der Waals surface area contributed by atoms with Crippen LogP contribution in [0.3, 0.4) is 0 Å². The van der Waals surface area contributed by atoms with E-state index in [2.05, 4.69) is 38.3 Å². The molecule has 5 heteroatoms. The van der Waals surface area contributed by atoms with E-state index < -0.39 is 6.09 Å². The van der Waals surface area contributed by atoms with Crippen molar-refractivity contribution in [1.82, 2.24) is 0 Å². The van der Waals surface area contributed by atoms with E-state index in [1.54, 1.807) is 0 Å². The van der Waals surface area contributed by atoms with Gasteiger partial charge in [0.15, 0.2) is 0 Å². The van der Waals surface area contributed by atoms with Crippen molar-refractivity contribution in [2.45, 2.75) is 0 Å². The van der Waals surface area contributed by atoms with E-state index in [0.29, 0.717) is 4.43 Å². The first-order chi connectivity index (χ1) is 3.77. The van der Waals surface area contributed by atoms with E-state index in [0.717, 1.165) is 0 Å². The van der Waals surface area contributed by atoms with Gasteiger partial charge in [0.25, 0.3) is 0 Å². The zero-order valence-electron chi connectivity index (χ0n) is 4.00. The molecule has 0 radical (unpaired) electrons. The molecule has 0 aromatic carbocycles. The lowest BCUT2D eigenvalue weighted by Gasteiger charge is -1.84. The van der Waals surface area contributed by atoms with Crippen molar-refractivity contribution in [3.63, 3.8) is 0 Å². The average molecular weight is 228 g/mol. The van der Waals surface area contributed by atoms with Crippen LogP contribution < -0.4 is 5.73 Å². The molecule has 0 aliphatic heterocycles. The molecule has 0 aromatic rings. The monoisotopic (exact) mass is 228 g/mol. The average Bonchev–Trinajstić information content (AvgIpc) is 1.66. The fraction of sp³-hybridized carbons (Fsp3) is 0.333. The van der Waals surface area contributed by atoms with Crippen molar-refractivity contribution in [3.05, 3.63) is 0 Å². The zero-order chi connectivity index (χ0) is 6.41. The maximum Gasteiger partial charge on any atom is 0.430 e. The summed E-state index contributed by atoms with van der Waals surface area (Å²) in [7, 11) is 0. The number of rotatable bonds is 2. The van der Waals surface area contributed by atoms with Gasteiger partial charge in [-0.1, -0.05) is 27.7 Å². The summed E-state index contributed by atoms with van der Waals surface area (Å²) in [5.41, 5.74) is 4.56. The number of amides is 1. The number of alkyl halides is 1. The first kappa shape index (κ1) is 7.67. The van der Waals surface area contributed by atoms with E-state index in [4.69, 9.17) is 0 Å². The smallest absolute Gasteiger partial charge is 0.333 e. The molecule has 0 fully saturated rings. The molecule has 46 valence electrons. The van der Waals surface area contributed by atoms with Crippen molar-refractivity contribution in [3.8, 4) is 0 Å². The highest BCUT2D eigenvalue weighted by Crippen LogP contribution is 1.76. The standard InChI is InChI=1S/C3H5IN2O2/c4-1-2-6-8-3(5)7/h2H,1H2,(H2,5,7)/b6-2-. The summed E-state index contributed by atoms with van der Waals surface area (Å²) in [5.74, 6) is 0. The highest BCUT2D eigenvalue weighted by atomic mass is 127. The number of oxime groups is 1. The third kappa shape index (κ3) is 5.67. The number of nitrogens with two attached hydrogens (primary N) is 1. The lowest BCUT2D eigenvalue weighted by Crippen LogP contribution is -2.09. The van der Waals surface area contributed by atoms with Crippen LogP contribution in [0.2, 0.25) is 0 Å². The van der Waals surface area contributed by atoms with Crippen molar-refractivity contribution >= 4 is 34.9 Å². The molecular weight excluding hydrogens is 223 g/mol. The Balaban J connectivity index is 3.16. The quantitative estimate of drug-likeness (QED) is 0.246. The van der Waals surface area contributed by atoms with Crippen LogP contribution in [0.25, 0.3) is 0 Å². The number of primary amides is 1. The summed E-state index contributed by atoms with van der Waals surface area (Å²) in [6.07, 6.45) is 0.553. The minimum atomic E-state index is -0.883. The predicted molar refractivity (Wildman–Crippen MR) is 38.0 cm³/mol. The Morgan fingerprint density at radius 2 is 2.62 bits per heavy atom. The van der Waals surface area contributed by atoms with Crippen LogP contribution in [0.4, 0.5) is 4.79 Å². The molecule has 0 atom stereocenters. The van der Waals surface area contributed by atoms with Crippen LogP contribution in [-0.4, -0.2) is 16.7 Å². The van der Waals surface area contributed by atoms with Gasteiger partial charge in [-0.15, -0.1) is 0 Å². The van der Waals surface area contributed by atoms with Crippen molar-refractivity contribution in [2.75, 3.05) is 4.43 Å².